The fourth-order valence-electron chi connectivity index (χ4n) is 3.13. The van der Waals surface area contributed by atoms with E-state index in [0.29, 0.717) is 12.6 Å². The highest BCUT2D eigenvalue weighted by Gasteiger charge is 2.36. The van der Waals surface area contributed by atoms with Gasteiger partial charge in [-0.3, -0.25) is 4.79 Å². The zero-order chi connectivity index (χ0) is 15.2. The average molecular weight is 284 g/mol. The quantitative estimate of drug-likeness (QED) is 0.729. The van der Waals surface area contributed by atoms with E-state index in [1.807, 2.05) is 6.92 Å². The highest BCUT2D eigenvalue weighted by Crippen LogP contribution is 2.27. The number of nitrogens with zero attached hydrogens (tertiary/aromatic N) is 1. The standard InChI is InChI=1S/C16H32N2O2/c1-6-11-17-16(3,15(19)20-5)12-18(4)14-9-7-13(2)8-10-14/h13-14,17H,6-12H2,1-5H3. The lowest BCUT2D eigenvalue weighted by molar-refractivity contribution is -0.149. The first-order chi connectivity index (χ1) is 9.42. The summed E-state index contributed by atoms with van der Waals surface area (Å²) in [4.78, 5) is 14.4. The number of carbonyl (C=O) groups excluding carboxylic acids is 1. The Bertz CT molecular complexity index is 301. The van der Waals surface area contributed by atoms with Crippen molar-refractivity contribution in [3.63, 3.8) is 0 Å². The second-order valence-electron chi connectivity index (χ2n) is 6.58. The van der Waals surface area contributed by atoms with Crippen molar-refractivity contribution >= 4 is 5.97 Å². The minimum absolute atomic E-state index is 0.165. The zero-order valence-electron chi connectivity index (χ0n) is 13.9. The van der Waals surface area contributed by atoms with Crippen LogP contribution in [0.3, 0.4) is 0 Å². The molecule has 0 amide bonds. The molecule has 0 bridgehead atoms. The van der Waals surface area contributed by atoms with Crippen molar-refractivity contribution in [2.75, 3.05) is 27.2 Å². The molecule has 0 heterocycles. The first-order valence-electron chi connectivity index (χ1n) is 7.96. The van der Waals surface area contributed by atoms with Crippen LogP contribution in [-0.4, -0.2) is 49.7 Å². The van der Waals surface area contributed by atoms with Crippen LogP contribution in [0, 0.1) is 5.92 Å². The summed E-state index contributed by atoms with van der Waals surface area (Å²) in [6.07, 6.45) is 6.08. The highest BCUT2D eigenvalue weighted by atomic mass is 16.5. The smallest absolute Gasteiger partial charge is 0.327 e. The molecule has 0 spiro atoms. The van der Waals surface area contributed by atoms with Crippen LogP contribution in [0.25, 0.3) is 0 Å². The summed E-state index contributed by atoms with van der Waals surface area (Å²) in [6, 6.07) is 0.596. The van der Waals surface area contributed by atoms with Crippen LogP contribution in [-0.2, 0) is 9.53 Å². The Kier molecular flexibility index (Phi) is 6.96. The third kappa shape index (κ3) is 4.74. The maximum absolute atomic E-state index is 12.1. The molecule has 1 saturated carbocycles. The second kappa shape index (κ2) is 7.99. The zero-order valence-corrected chi connectivity index (χ0v) is 13.9. The van der Waals surface area contributed by atoms with Gasteiger partial charge in [0.2, 0.25) is 0 Å². The Balaban J connectivity index is 2.61. The van der Waals surface area contributed by atoms with Crippen molar-refractivity contribution in [1.82, 2.24) is 10.2 Å². The molecule has 1 aliphatic rings. The van der Waals surface area contributed by atoms with E-state index in [1.165, 1.54) is 32.8 Å². The molecule has 0 saturated heterocycles. The molecule has 0 aliphatic heterocycles. The van der Waals surface area contributed by atoms with Crippen LogP contribution in [0.15, 0.2) is 0 Å². The van der Waals surface area contributed by atoms with Crippen LogP contribution in [0.5, 0.6) is 0 Å². The maximum atomic E-state index is 12.1. The van der Waals surface area contributed by atoms with Crippen LogP contribution in [0.2, 0.25) is 0 Å². The van der Waals surface area contributed by atoms with Gasteiger partial charge in [0, 0.05) is 12.6 Å². The summed E-state index contributed by atoms with van der Waals surface area (Å²) in [7, 11) is 3.60. The topological polar surface area (TPSA) is 41.6 Å². The molecule has 4 nitrogen and oxygen atoms in total. The van der Waals surface area contributed by atoms with E-state index in [1.54, 1.807) is 0 Å². The lowest BCUT2D eigenvalue weighted by atomic mass is 9.86. The van der Waals surface area contributed by atoms with Crippen molar-refractivity contribution in [2.24, 2.45) is 5.92 Å². The summed E-state index contributed by atoms with van der Waals surface area (Å²) in [6.45, 7) is 7.94. The van der Waals surface area contributed by atoms with Gasteiger partial charge in [-0.05, 0) is 58.5 Å². The normalized spacial score (nSPS) is 26.3. The number of hydrogen-bond acceptors (Lipinski definition) is 4. The molecule has 1 N–H and O–H groups in total. The molecule has 0 radical (unpaired) electrons. The van der Waals surface area contributed by atoms with Crippen LogP contribution >= 0.6 is 0 Å². The van der Waals surface area contributed by atoms with E-state index >= 15 is 0 Å². The fraction of sp³-hybridized carbons (Fsp3) is 0.938. The number of carbonyl (C=O) groups is 1. The third-order valence-electron chi connectivity index (χ3n) is 4.58. The summed E-state index contributed by atoms with van der Waals surface area (Å²) >= 11 is 0. The molecule has 1 aliphatic carbocycles. The van der Waals surface area contributed by atoms with Gasteiger partial charge in [0.1, 0.15) is 5.54 Å². The molecule has 1 atom stereocenters. The minimum Gasteiger partial charge on any atom is -0.468 e. The van der Waals surface area contributed by atoms with Crippen molar-refractivity contribution < 1.29 is 9.53 Å². The minimum atomic E-state index is -0.609. The van der Waals surface area contributed by atoms with Gasteiger partial charge in [0.15, 0.2) is 0 Å². The number of hydrogen-bond donors (Lipinski definition) is 1. The molecular weight excluding hydrogens is 252 g/mol. The lowest BCUT2D eigenvalue weighted by Crippen LogP contribution is -2.58. The van der Waals surface area contributed by atoms with E-state index in [-0.39, 0.29) is 5.97 Å². The Morgan fingerprint density at radius 1 is 1.35 bits per heavy atom. The number of rotatable bonds is 7. The molecule has 1 fully saturated rings. The molecular formula is C16H32N2O2. The van der Waals surface area contributed by atoms with Crippen molar-refractivity contribution in [1.29, 1.82) is 0 Å². The molecule has 4 heteroatoms. The molecule has 0 aromatic carbocycles. The molecule has 0 aromatic rings. The summed E-state index contributed by atoms with van der Waals surface area (Å²) < 4.78 is 4.99. The molecule has 1 rings (SSSR count). The first-order valence-corrected chi connectivity index (χ1v) is 7.96. The monoisotopic (exact) mass is 284 g/mol. The van der Waals surface area contributed by atoms with Gasteiger partial charge in [-0.15, -0.1) is 0 Å². The van der Waals surface area contributed by atoms with Crippen LogP contribution in [0.4, 0.5) is 0 Å². The summed E-state index contributed by atoms with van der Waals surface area (Å²) in [5.41, 5.74) is -0.609. The average Bonchev–Trinajstić information content (AvgIpc) is 2.44. The van der Waals surface area contributed by atoms with Crippen LogP contribution < -0.4 is 5.32 Å². The molecule has 20 heavy (non-hydrogen) atoms. The van der Waals surface area contributed by atoms with E-state index < -0.39 is 5.54 Å². The van der Waals surface area contributed by atoms with Crippen LogP contribution in [0.1, 0.15) is 52.9 Å². The van der Waals surface area contributed by atoms with Crippen molar-refractivity contribution in [2.45, 2.75) is 64.5 Å². The fourth-order valence-corrected chi connectivity index (χ4v) is 3.13. The SMILES string of the molecule is CCCNC(C)(CN(C)C1CCC(C)CC1)C(=O)OC. The van der Waals surface area contributed by atoms with Gasteiger partial charge in [0.05, 0.1) is 7.11 Å². The van der Waals surface area contributed by atoms with E-state index in [2.05, 4.69) is 31.1 Å². The van der Waals surface area contributed by atoms with Gasteiger partial charge in [0.25, 0.3) is 0 Å². The number of ether oxygens (including phenoxy) is 1. The van der Waals surface area contributed by atoms with E-state index in [0.717, 1.165) is 18.9 Å². The summed E-state index contributed by atoms with van der Waals surface area (Å²) in [5, 5.41) is 3.36. The van der Waals surface area contributed by atoms with Gasteiger partial charge in [-0.25, -0.2) is 0 Å². The lowest BCUT2D eigenvalue weighted by Gasteiger charge is -2.38. The number of esters is 1. The highest BCUT2D eigenvalue weighted by molar-refractivity contribution is 5.80. The first kappa shape index (κ1) is 17.4. The Labute approximate surface area is 124 Å². The predicted molar refractivity (Wildman–Crippen MR) is 82.8 cm³/mol. The van der Waals surface area contributed by atoms with Crippen molar-refractivity contribution in [3.05, 3.63) is 0 Å². The van der Waals surface area contributed by atoms with Gasteiger partial charge in [-0.1, -0.05) is 13.8 Å². The molecule has 1 unspecified atom stereocenters. The van der Waals surface area contributed by atoms with Gasteiger partial charge < -0.3 is 15.0 Å². The van der Waals surface area contributed by atoms with Gasteiger partial charge in [-0.2, -0.15) is 0 Å². The van der Waals surface area contributed by atoms with E-state index in [4.69, 9.17) is 4.74 Å². The Morgan fingerprint density at radius 2 is 1.95 bits per heavy atom. The maximum Gasteiger partial charge on any atom is 0.327 e. The number of likely N-dealkylation sites (N-methyl/N-ethyl adjacent to an activating group) is 1. The molecule has 0 aromatic heterocycles. The Hall–Kier alpha value is -0.610. The summed E-state index contributed by atoms with van der Waals surface area (Å²) in [5.74, 6) is 0.687. The Morgan fingerprint density at radius 3 is 2.45 bits per heavy atom. The number of methoxy groups -OCH3 is 1. The second-order valence-corrected chi connectivity index (χ2v) is 6.58. The van der Waals surface area contributed by atoms with Crippen molar-refractivity contribution in [3.8, 4) is 0 Å². The van der Waals surface area contributed by atoms with Gasteiger partial charge >= 0.3 is 5.97 Å². The van der Waals surface area contributed by atoms with E-state index in [9.17, 15) is 4.79 Å². The largest absolute Gasteiger partial charge is 0.468 e. The number of nitrogens with one attached hydrogen (secondary N) is 1. The third-order valence-corrected chi connectivity index (χ3v) is 4.58. The predicted octanol–water partition coefficient (Wildman–Crippen LogP) is 2.43. The molecule has 118 valence electrons.